The molecule has 0 bridgehead atoms. The molecule has 2 heterocycles. The smallest absolute Gasteiger partial charge is 0.273 e. The van der Waals surface area contributed by atoms with Crippen molar-refractivity contribution >= 4 is 17.6 Å². The first kappa shape index (κ1) is 22.6. The third kappa shape index (κ3) is 6.73. The van der Waals surface area contributed by atoms with E-state index in [-0.39, 0.29) is 29.7 Å². The fraction of sp³-hybridized carbons (Fsp3) is 0.455. The number of likely N-dealkylation sites (tertiary alicyclic amines) is 1. The van der Waals surface area contributed by atoms with Crippen LogP contribution in [0.25, 0.3) is 0 Å². The van der Waals surface area contributed by atoms with Crippen molar-refractivity contribution in [2.24, 2.45) is 0 Å². The van der Waals surface area contributed by atoms with Crippen molar-refractivity contribution in [1.82, 2.24) is 25.5 Å². The van der Waals surface area contributed by atoms with Gasteiger partial charge in [-0.05, 0) is 44.0 Å². The lowest BCUT2D eigenvalue weighted by Crippen LogP contribution is -2.49. The number of anilines is 1. The van der Waals surface area contributed by atoms with Gasteiger partial charge < -0.3 is 26.4 Å². The first-order valence-corrected chi connectivity index (χ1v) is 10.4. The topological polar surface area (TPSA) is 133 Å². The van der Waals surface area contributed by atoms with E-state index >= 15 is 0 Å². The van der Waals surface area contributed by atoms with Crippen LogP contribution in [0.3, 0.4) is 0 Å². The molecule has 3 rings (SSSR count). The fourth-order valence-electron chi connectivity index (χ4n) is 3.80. The van der Waals surface area contributed by atoms with Gasteiger partial charge >= 0.3 is 0 Å². The van der Waals surface area contributed by atoms with Gasteiger partial charge in [-0.1, -0.05) is 24.3 Å². The summed E-state index contributed by atoms with van der Waals surface area (Å²) in [4.78, 5) is 34.2. The Morgan fingerprint density at radius 3 is 2.58 bits per heavy atom. The number of β-amino-alcohol motifs (C(OH)–C–C–N with tert-alkyl or cyclic N) is 1. The van der Waals surface area contributed by atoms with E-state index in [4.69, 9.17) is 5.73 Å². The maximum Gasteiger partial charge on any atom is 0.273 e. The predicted octanol–water partition coefficient (Wildman–Crippen LogP) is 0.494. The van der Waals surface area contributed by atoms with E-state index in [2.05, 4.69) is 25.5 Å². The molecule has 1 unspecified atom stereocenters. The van der Waals surface area contributed by atoms with Crippen LogP contribution in [0.5, 0.6) is 0 Å². The van der Waals surface area contributed by atoms with E-state index in [1.807, 2.05) is 31.3 Å². The van der Waals surface area contributed by atoms with Crippen LogP contribution < -0.4 is 16.4 Å². The van der Waals surface area contributed by atoms with Crippen molar-refractivity contribution in [2.45, 2.75) is 37.8 Å². The zero-order valence-corrected chi connectivity index (χ0v) is 17.8. The molecule has 31 heavy (non-hydrogen) atoms. The second kappa shape index (κ2) is 10.3. The van der Waals surface area contributed by atoms with Gasteiger partial charge in [-0.3, -0.25) is 9.59 Å². The van der Waals surface area contributed by atoms with Crippen molar-refractivity contribution in [1.29, 1.82) is 0 Å². The summed E-state index contributed by atoms with van der Waals surface area (Å²) in [5, 5.41) is 16.3. The maximum absolute atomic E-state index is 12.3. The molecule has 0 saturated carbocycles. The van der Waals surface area contributed by atoms with Gasteiger partial charge in [-0.15, -0.1) is 0 Å². The first-order chi connectivity index (χ1) is 14.8. The van der Waals surface area contributed by atoms with Gasteiger partial charge in [-0.25, -0.2) is 9.97 Å². The van der Waals surface area contributed by atoms with Crippen molar-refractivity contribution in [3.05, 3.63) is 53.5 Å². The molecular formula is C22H30N6O3. The van der Waals surface area contributed by atoms with Crippen molar-refractivity contribution in [3.63, 3.8) is 0 Å². The second-order valence-electron chi connectivity index (χ2n) is 8.13. The molecule has 1 fully saturated rings. The number of rotatable bonds is 8. The van der Waals surface area contributed by atoms with Crippen LogP contribution in [-0.2, 0) is 17.8 Å². The van der Waals surface area contributed by atoms with Crippen LogP contribution in [0.1, 0.15) is 40.9 Å². The summed E-state index contributed by atoms with van der Waals surface area (Å²) < 4.78 is 0. The molecule has 1 atom stereocenters. The predicted molar refractivity (Wildman–Crippen MR) is 117 cm³/mol. The number of hydrogen-bond donors (Lipinski definition) is 4. The molecule has 1 aliphatic rings. The minimum atomic E-state index is -0.943. The van der Waals surface area contributed by atoms with Crippen LogP contribution in [0.2, 0.25) is 0 Å². The van der Waals surface area contributed by atoms with Crippen LogP contribution in [0, 0.1) is 0 Å². The third-order valence-electron chi connectivity index (χ3n) is 5.39. The van der Waals surface area contributed by atoms with E-state index < -0.39 is 5.60 Å². The number of nitrogens with two attached hydrogens (primary N) is 1. The van der Waals surface area contributed by atoms with Gasteiger partial charge in [0.2, 0.25) is 5.91 Å². The Morgan fingerprint density at radius 2 is 1.87 bits per heavy atom. The molecule has 2 amide bonds. The zero-order valence-electron chi connectivity index (χ0n) is 17.8. The Morgan fingerprint density at radius 1 is 1.16 bits per heavy atom. The highest BCUT2D eigenvalue weighted by Crippen LogP contribution is 2.23. The van der Waals surface area contributed by atoms with Crippen LogP contribution in [0.4, 0.5) is 5.82 Å². The Labute approximate surface area is 182 Å². The highest BCUT2D eigenvalue weighted by molar-refractivity contribution is 5.96. The highest BCUT2D eigenvalue weighted by Gasteiger charge is 2.33. The van der Waals surface area contributed by atoms with Gasteiger partial charge in [0.05, 0.1) is 12.0 Å². The standard InChI is InChI=1S/C22H30N6O3/c1-28-12-2-8-22(31,15-28)13-18(29)27-14-17-5-3-16(4-6-17)7-9-26-21(30)19-20(23)25-11-10-24-19/h3-6,10-11,31H,2,7-9,12-15H2,1H3,(H2,23,25)(H,26,30)(H,27,29). The number of piperidine rings is 1. The SMILES string of the molecule is CN1CCCC(O)(CC(=O)NCc2ccc(CCNC(=O)c3nccnc3N)cc2)C1. The van der Waals surface area contributed by atoms with Crippen molar-refractivity contribution < 1.29 is 14.7 Å². The number of carbonyl (C=O) groups excluding carboxylic acids is 2. The lowest BCUT2D eigenvalue weighted by Gasteiger charge is -2.36. The molecule has 0 aliphatic carbocycles. The molecule has 2 aromatic rings. The number of nitrogens with zero attached hydrogens (tertiary/aromatic N) is 3. The second-order valence-corrected chi connectivity index (χ2v) is 8.13. The highest BCUT2D eigenvalue weighted by atomic mass is 16.3. The monoisotopic (exact) mass is 426 g/mol. The molecule has 1 aromatic carbocycles. The lowest BCUT2D eigenvalue weighted by atomic mass is 9.89. The molecule has 9 heteroatoms. The van der Waals surface area contributed by atoms with Gasteiger partial charge in [0.15, 0.2) is 11.5 Å². The summed E-state index contributed by atoms with van der Waals surface area (Å²) in [5.74, 6) is -0.391. The number of amides is 2. The summed E-state index contributed by atoms with van der Waals surface area (Å²) in [6.07, 6.45) is 5.18. The number of nitrogens with one attached hydrogen (secondary N) is 2. The average Bonchev–Trinajstić information content (AvgIpc) is 2.73. The summed E-state index contributed by atoms with van der Waals surface area (Å²) in [6.45, 7) is 2.33. The largest absolute Gasteiger partial charge is 0.388 e. The first-order valence-electron chi connectivity index (χ1n) is 10.4. The molecule has 1 aromatic heterocycles. The van der Waals surface area contributed by atoms with Gasteiger partial charge in [0, 0.05) is 32.0 Å². The third-order valence-corrected chi connectivity index (χ3v) is 5.39. The molecule has 9 nitrogen and oxygen atoms in total. The van der Waals surface area contributed by atoms with Crippen molar-refractivity contribution in [3.8, 4) is 0 Å². The minimum absolute atomic E-state index is 0.106. The number of aromatic nitrogens is 2. The molecular weight excluding hydrogens is 396 g/mol. The summed E-state index contributed by atoms with van der Waals surface area (Å²) >= 11 is 0. The van der Waals surface area contributed by atoms with Crippen LogP contribution >= 0.6 is 0 Å². The molecule has 0 spiro atoms. The Balaban J connectivity index is 1.40. The molecule has 5 N–H and O–H groups in total. The number of hydrogen-bond acceptors (Lipinski definition) is 7. The number of likely N-dealkylation sites (N-methyl/N-ethyl adjacent to an activating group) is 1. The molecule has 1 aliphatic heterocycles. The normalized spacial score (nSPS) is 19.0. The minimum Gasteiger partial charge on any atom is -0.388 e. The Kier molecular flexibility index (Phi) is 7.54. The van der Waals surface area contributed by atoms with E-state index in [1.165, 1.54) is 12.4 Å². The summed E-state index contributed by atoms with van der Waals surface area (Å²) in [5.41, 5.74) is 6.87. The average molecular weight is 427 g/mol. The fourth-order valence-corrected chi connectivity index (χ4v) is 3.80. The van der Waals surface area contributed by atoms with Crippen LogP contribution in [-0.4, -0.2) is 64.1 Å². The molecule has 166 valence electrons. The van der Waals surface area contributed by atoms with Gasteiger partial charge in [0.25, 0.3) is 5.91 Å². The molecule has 0 radical (unpaired) electrons. The lowest BCUT2D eigenvalue weighted by molar-refractivity contribution is -0.128. The van der Waals surface area contributed by atoms with E-state index in [1.54, 1.807) is 0 Å². The summed E-state index contributed by atoms with van der Waals surface area (Å²) in [7, 11) is 1.96. The van der Waals surface area contributed by atoms with Crippen LogP contribution in [0.15, 0.2) is 36.7 Å². The number of benzene rings is 1. The van der Waals surface area contributed by atoms with E-state index in [0.717, 1.165) is 24.1 Å². The van der Waals surface area contributed by atoms with Gasteiger partial charge in [-0.2, -0.15) is 0 Å². The number of aliphatic hydroxyl groups is 1. The quantitative estimate of drug-likeness (QED) is 0.483. The Bertz CT molecular complexity index is 904. The zero-order chi connectivity index (χ0) is 22.3. The van der Waals surface area contributed by atoms with E-state index in [9.17, 15) is 14.7 Å². The number of carbonyl (C=O) groups is 2. The maximum atomic E-state index is 12.3. The summed E-state index contributed by atoms with van der Waals surface area (Å²) in [6, 6.07) is 7.82. The Hall–Kier alpha value is -3.04. The molecule has 1 saturated heterocycles. The van der Waals surface area contributed by atoms with E-state index in [0.29, 0.717) is 32.5 Å². The van der Waals surface area contributed by atoms with Gasteiger partial charge in [0.1, 0.15) is 0 Å². The van der Waals surface area contributed by atoms with Crippen molar-refractivity contribution in [2.75, 3.05) is 32.4 Å². The number of nitrogen functional groups attached to an aromatic ring is 1.